The first-order valence-electron chi connectivity index (χ1n) is 5.62. The standard InChI is InChI=1S/C13H9N5S/c1-9-2-4-10(5-3-9)12-11(8-14)16-17-18(12)13-15-6-7-19-13/h2-7H,1H3. The molecule has 0 aliphatic carbocycles. The minimum absolute atomic E-state index is 0.305. The van der Waals surface area contributed by atoms with Gasteiger partial charge in [-0.05, 0) is 6.92 Å². The van der Waals surface area contributed by atoms with Gasteiger partial charge in [-0.3, -0.25) is 0 Å². The molecular formula is C13H9N5S. The Kier molecular flexibility index (Phi) is 2.82. The lowest BCUT2D eigenvalue weighted by molar-refractivity contribution is 0.800. The Morgan fingerprint density at radius 1 is 1.26 bits per heavy atom. The van der Waals surface area contributed by atoms with Gasteiger partial charge in [-0.15, -0.1) is 16.4 Å². The molecule has 0 aliphatic rings. The van der Waals surface area contributed by atoms with Crippen molar-refractivity contribution in [1.29, 1.82) is 5.26 Å². The Labute approximate surface area is 113 Å². The van der Waals surface area contributed by atoms with Crippen LogP contribution in [0.1, 0.15) is 11.3 Å². The fourth-order valence-electron chi connectivity index (χ4n) is 1.78. The molecule has 19 heavy (non-hydrogen) atoms. The van der Waals surface area contributed by atoms with Crippen LogP contribution < -0.4 is 0 Å². The first-order valence-corrected chi connectivity index (χ1v) is 6.50. The lowest BCUT2D eigenvalue weighted by Gasteiger charge is -2.03. The maximum absolute atomic E-state index is 9.16. The molecule has 0 saturated heterocycles. The Hall–Kier alpha value is -2.52. The molecule has 92 valence electrons. The second-order valence-corrected chi connectivity index (χ2v) is 4.86. The van der Waals surface area contributed by atoms with Gasteiger partial charge in [0, 0.05) is 17.1 Å². The normalized spacial score (nSPS) is 10.3. The molecule has 0 N–H and O–H groups in total. The number of rotatable bonds is 2. The van der Waals surface area contributed by atoms with E-state index in [4.69, 9.17) is 5.26 Å². The van der Waals surface area contributed by atoms with Crippen molar-refractivity contribution in [2.45, 2.75) is 6.92 Å². The van der Waals surface area contributed by atoms with Crippen LogP contribution >= 0.6 is 11.3 Å². The van der Waals surface area contributed by atoms with Gasteiger partial charge in [0.15, 0.2) is 5.69 Å². The van der Waals surface area contributed by atoms with Crippen molar-refractivity contribution in [1.82, 2.24) is 20.0 Å². The summed E-state index contributed by atoms with van der Waals surface area (Å²) < 4.78 is 1.61. The molecule has 0 unspecified atom stereocenters. The fraction of sp³-hybridized carbons (Fsp3) is 0.0769. The van der Waals surface area contributed by atoms with Crippen molar-refractivity contribution < 1.29 is 0 Å². The summed E-state index contributed by atoms with van der Waals surface area (Å²) >= 11 is 1.45. The zero-order chi connectivity index (χ0) is 13.2. The van der Waals surface area contributed by atoms with Gasteiger partial charge in [0.1, 0.15) is 11.8 Å². The van der Waals surface area contributed by atoms with E-state index in [0.29, 0.717) is 16.5 Å². The van der Waals surface area contributed by atoms with Crippen LogP contribution in [0, 0.1) is 18.3 Å². The summed E-state index contributed by atoms with van der Waals surface area (Å²) in [6, 6.07) is 9.98. The summed E-state index contributed by atoms with van der Waals surface area (Å²) in [5, 5.41) is 19.7. The minimum atomic E-state index is 0.305. The average Bonchev–Trinajstić information content (AvgIpc) is 3.08. The Morgan fingerprint density at radius 2 is 2.05 bits per heavy atom. The molecule has 0 saturated carbocycles. The van der Waals surface area contributed by atoms with Crippen molar-refractivity contribution in [2.24, 2.45) is 0 Å². The van der Waals surface area contributed by atoms with E-state index in [1.165, 1.54) is 11.3 Å². The number of aromatic nitrogens is 4. The Balaban J connectivity index is 2.22. The molecule has 2 heterocycles. The van der Waals surface area contributed by atoms with E-state index < -0.39 is 0 Å². The van der Waals surface area contributed by atoms with Crippen molar-refractivity contribution in [3.8, 4) is 22.5 Å². The van der Waals surface area contributed by atoms with Gasteiger partial charge in [-0.1, -0.05) is 35.0 Å². The second-order valence-electron chi connectivity index (χ2n) is 3.99. The molecule has 0 fully saturated rings. The molecule has 3 rings (SSSR count). The van der Waals surface area contributed by atoms with Gasteiger partial charge < -0.3 is 0 Å². The lowest BCUT2D eigenvalue weighted by Crippen LogP contribution is -1.99. The van der Waals surface area contributed by atoms with Gasteiger partial charge in [-0.25, -0.2) is 4.98 Å². The number of benzene rings is 1. The molecule has 0 atom stereocenters. The summed E-state index contributed by atoms with van der Waals surface area (Å²) in [6.45, 7) is 2.02. The molecule has 0 bridgehead atoms. The third kappa shape index (κ3) is 2.00. The summed E-state index contributed by atoms with van der Waals surface area (Å²) in [7, 11) is 0. The molecule has 6 heteroatoms. The van der Waals surface area contributed by atoms with Crippen molar-refractivity contribution >= 4 is 11.3 Å². The number of hydrogen-bond donors (Lipinski definition) is 0. The average molecular weight is 267 g/mol. The van der Waals surface area contributed by atoms with Gasteiger partial charge in [0.25, 0.3) is 0 Å². The van der Waals surface area contributed by atoms with Crippen LogP contribution in [-0.4, -0.2) is 20.0 Å². The number of thiazole rings is 1. The molecule has 1 aromatic carbocycles. The third-order valence-electron chi connectivity index (χ3n) is 2.70. The number of aryl methyl sites for hydroxylation is 1. The molecule has 0 aliphatic heterocycles. The van der Waals surface area contributed by atoms with Gasteiger partial charge >= 0.3 is 0 Å². The van der Waals surface area contributed by atoms with Crippen LogP contribution in [0.3, 0.4) is 0 Å². The summed E-state index contributed by atoms with van der Waals surface area (Å²) in [6.07, 6.45) is 1.70. The second kappa shape index (κ2) is 4.63. The first-order chi connectivity index (χ1) is 9.29. The maximum atomic E-state index is 9.16. The number of nitrogens with zero attached hydrogens (tertiary/aromatic N) is 5. The van der Waals surface area contributed by atoms with E-state index in [0.717, 1.165) is 11.1 Å². The highest BCUT2D eigenvalue weighted by atomic mass is 32.1. The molecule has 3 aromatic rings. The monoisotopic (exact) mass is 267 g/mol. The highest BCUT2D eigenvalue weighted by Gasteiger charge is 2.17. The number of hydrogen-bond acceptors (Lipinski definition) is 5. The van der Waals surface area contributed by atoms with E-state index in [1.54, 1.807) is 10.9 Å². The summed E-state index contributed by atoms with van der Waals surface area (Å²) in [5.74, 6) is 0. The van der Waals surface area contributed by atoms with Crippen LogP contribution in [0.2, 0.25) is 0 Å². The van der Waals surface area contributed by atoms with Crippen molar-refractivity contribution in [2.75, 3.05) is 0 Å². The highest BCUT2D eigenvalue weighted by Crippen LogP contribution is 2.25. The van der Waals surface area contributed by atoms with Crippen LogP contribution in [-0.2, 0) is 0 Å². The van der Waals surface area contributed by atoms with Crippen LogP contribution in [0.15, 0.2) is 35.8 Å². The summed E-state index contributed by atoms with van der Waals surface area (Å²) in [4.78, 5) is 4.21. The van der Waals surface area contributed by atoms with Crippen LogP contribution in [0.25, 0.3) is 16.4 Å². The lowest BCUT2D eigenvalue weighted by atomic mass is 10.1. The predicted molar refractivity (Wildman–Crippen MR) is 71.9 cm³/mol. The number of nitriles is 1. The van der Waals surface area contributed by atoms with Crippen LogP contribution in [0.5, 0.6) is 0 Å². The Morgan fingerprint density at radius 3 is 2.68 bits per heavy atom. The molecule has 0 spiro atoms. The van der Waals surface area contributed by atoms with E-state index in [9.17, 15) is 0 Å². The maximum Gasteiger partial charge on any atom is 0.212 e. The SMILES string of the molecule is Cc1ccc(-c2c(C#N)nnn2-c2nccs2)cc1. The largest absolute Gasteiger partial charge is 0.227 e. The summed E-state index contributed by atoms with van der Waals surface area (Å²) in [5.41, 5.74) is 3.05. The van der Waals surface area contributed by atoms with E-state index in [2.05, 4.69) is 21.4 Å². The molecule has 5 nitrogen and oxygen atoms in total. The van der Waals surface area contributed by atoms with Gasteiger partial charge in [0.05, 0.1) is 0 Å². The highest BCUT2D eigenvalue weighted by molar-refractivity contribution is 7.12. The predicted octanol–water partition coefficient (Wildman–Crippen LogP) is 2.57. The van der Waals surface area contributed by atoms with E-state index in [1.807, 2.05) is 36.6 Å². The first kappa shape index (κ1) is 11.6. The molecule has 0 amide bonds. The van der Waals surface area contributed by atoms with Gasteiger partial charge in [-0.2, -0.15) is 9.94 Å². The van der Waals surface area contributed by atoms with Crippen molar-refractivity contribution in [3.63, 3.8) is 0 Å². The third-order valence-corrected chi connectivity index (χ3v) is 3.45. The van der Waals surface area contributed by atoms with E-state index in [-0.39, 0.29) is 0 Å². The van der Waals surface area contributed by atoms with Crippen molar-refractivity contribution in [3.05, 3.63) is 47.1 Å². The van der Waals surface area contributed by atoms with Gasteiger partial charge in [0.2, 0.25) is 5.13 Å². The molecule has 0 radical (unpaired) electrons. The zero-order valence-electron chi connectivity index (χ0n) is 10.1. The molecular weight excluding hydrogens is 258 g/mol. The Bertz CT molecular complexity index is 734. The quantitative estimate of drug-likeness (QED) is 0.715. The molecule has 2 aromatic heterocycles. The van der Waals surface area contributed by atoms with E-state index >= 15 is 0 Å². The topological polar surface area (TPSA) is 67.4 Å². The fourth-order valence-corrected chi connectivity index (χ4v) is 2.37. The zero-order valence-corrected chi connectivity index (χ0v) is 10.9. The minimum Gasteiger partial charge on any atom is -0.227 e. The van der Waals surface area contributed by atoms with Crippen LogP contribution in [0.4, 0.5) is 0 Å². The smallest absolute Gasteiger partial charge is 0.212 e.